The first kappa shape index (κ1) is 9.67. The van der Waals surface area contributed by atoms with Gasteiger partial charge in [0.05, 0.1) is 5.60 Å². The normalized spacial score (nSPS) is 18.9. The van der Waals surface area contributed by atoms with E-state index in [1.165, 1.54) is 11.5 Å². The van der Waals surface area contributed by atoms with Crippen LogP contribution in [-0.4, -0.2) is 26.6 Å². The molecular formula is C8H14N4OS. The van der Waals surface area contributed by atoms with Crippen LogP contribution in [0.25, 0.3) is 0 Å². The highest BCUT2D eigenvalue weighted by Crippen LogP contribution is 2.34. The SMILES string of the molecule is Nc1nsc(NCCC2(O)CCC2)n1. The van der Waals surface area contributed by atoms with E-state index in [1.54, 1.807) is 0 Å². The standard InChI is InChI=1S/C8H14N4OS/c9-6-11-7(14-12-6)10-5-4-8(13)2-1-3-8/h13H,1-5H2,(H3,9,10,11,12). The van der Waals surface area contributed by atoms with E-state index < -0.39 is 5.60 Å². The van der Waals surface area contributed by atoms with E-state index in [0.29, 0.717) is 5.95 Å². The fraction of sp³-hybridized carbons (Fsp3) is 0.750. The predicted molar refractivity (Wildman–Crippen MR) is 56.2 cm³/mol. The van der Waals surface area contributed by atoms with Gasteiger partial charge in [-0.15, -0.1) is 0 Å². The van der Waals surface area contributed by atoms with E-state index in [2.05, 4.69) is 14.7 Å². The van der Waals surface area contributed by atoms with Crippen LogP contribution < -0.4 is 11.1 Å². The van der Waals surface area contributed by atoms with Crippen LogP contribution in [0.4, 0.5) is 11.1 Å². The van der Waals surface area contributed by atoms with Crippen LogP contribution in [0.2, 0.25) is 0 Å². The molecule has 78 valence electrons. The lowest BCUT2D eigenvalue weighted by atomic mass is 9.78. The lowest BCUT2D eigenvalue weighted by Gasteiger charge is -2.36. The Hall–Kier alpha value is -0.880. The molecule has 5 nitrogen and oxygen atoms in total. The molecule has 1 aliphatic carbocycles. The average molecular weight is 214 g/mol. The molecule has 14 heavy (non-hydrogen) atoms. The number of aromatic nitrogens is 2. The van der Waals surface area contributed by atoms with Gasteiger partial charge in [-0.05, 0) is 25.7 Å². The summed E-state index contributed by atoms with van der Waals surface area (Å²) in [4.78, 5) is 3.97. The summed E-state index contributed by atoms with van der Waals surface area (Å²) >= 11 is 1.25. The molecule has 0 radical (unpaired) electrons. The monoisotopic (exact) mass is 214 g/mol. The van der Waals surface area contributed by atoms with Crippen molar-refractivity contribution in [1.29, 1.82) is 0 Å². The molecule has 2 rings (SSSR count). The molecular weight excluding hydrogens is 200 g/mol. The van der Waals surface area contributed by atoms with Gasteiger partial charge in [-0.25, -0.2) is 0 Å². The van der Waals surface area contributed by atoms with Gasteiger partial charge in [0.25, 0.3) is 0 Å². The number of nitrogens with one attached hydrogen (secondary N) is 1. The first-order chi connectivity index (χ1) is 6.68. The molecule has 0 amide bonds. The summed E-state index contributed by atoms with van der Waals surface area (Å²) in [7, 11) is 0. The van der Waals surface area contributed by atoms with Crippen molar-refractivity contribution in [3.8, 4) is 0 Å². The zero-order valence-electron chi connectivity index (χ0n) is 7.86. The van der Waals surface area contributed by atoms with Gasteiger partial charge in [0, 0.05) is 18.1 Å². The second-order valence-corrected chi connectivity index (χ2v) is 4.46. The third-order valence-electron chi connectivity index (χ3n) is 2.59. The minimum Gasteiger partial charge on any atom is -0.390 e. The Morgan fingerprint density at radius 3 is 2.86 bits per heavy atom. The van der Waals surface area contributed by atoms with Crippen LogP contribution >= 0.6 is 11.5 Å². The van der Waals surface area contributed by atoms with Crippen molar-refractivity contribution in [1.82, 2.24) is 9.36 Å². The van der Waals surface area contributed by atoms with E-state index in [0.717, 1.165) is 37.4 Å². The molecule has 6 heteroatoms. The van der Waals surface area contributed by atoms with Gasteiger partial charge in [0.2, 0.25) is 11.1 Å². The lowest BCUT2D eigenvalue weighted by molar-refractivity contribution is -0.0370. The Morgan fingerprint density at radius 2 is 2.36 bits per heavy atom. The Balaban J connectivity index is 1.72. The van der Waals surface area contributed by atoms with Gasteiger partial charge in [-0.1, -0.05) is 0 Å². The molecule has 0 spiro atoms. The van der Waals surface area contributed by atoms with Crippen molar-refractivity contribution in [3.63, 3.8) is 0 Å². The molecule has 1 heterocycles. The molecule has 1 aromatic rings. The number of hydrogen-bond donors (Lipinski definition) is 3. The van der Waals surface area contributed by atoms with Gasteiger partial charge in [0.15, 0.2) is 0 Å². The van der Waals surface area contributed by atoms with E-state index in [-0.39, 0.29) is 0 Å². The summed E-state index contributed by atoms with van der Waals surface area (Å²) in [6.07, 6.45) is 3.76. The Kier molecular flexibility index (Phi) is 2.56. The lowest BCUT2D eigenvalue weighted by Crippen LogP contribution is -2.38. The molecule has 1 saturated carbocycles. The number of aliphatic hydroxyl groups is 1. The highest BCUT2D eigenvalue weighted by molar-refractivity contribution is 7.09. The van der Waals surface area contributed by atoms with Crippen molar-refractivity contribution in [3.05, 3.63) is 0 Å². The van der Waals surface area contributed by atoms with Crippen molar-refractivity contribution < 1.29 is 5.11 Å². The van der Waals surface area contributed by atoms with Gasteiger partial charge >= 0.3 is 0 Å². The van der Waals surface area contributed by atoms with Crippen LogP contribution in [0, 0.1) is 0 Å². The largest absolute Gasteiger partial charge is 0.390 e. The predicted octanol–water partition coefficient (Wildman–Crippen LogP) is 0.837. The molecule has 0 aliphatic heterocycles. The summed E-state index contributed by atoms with van der Waals surface area (Å²) in [5, 5.41) is 13.6. The first-order valence-corrected chi connectivity index (χ1v) is 5.51. The first-order valence-electron chi connectivity index (χ1n) is 4.73. The summed E-state index contributed by atoms with van der Waals surface area (Å²) in [6.45, 7) is 0.727. The van der Waals surface area contributed by atoms with Gasteiger partial charge < -0.3 is 16.2 Å². The summed E-state index contributed by atoms with van der Waals surface area (Å²) < 4.78 is 3.85. The van der Waals surface area contributed by atoms with E-state index in [9.17, 15) is 5.11 Å². The van der Waals surface area contributed by atoms with Crippen molar-refractivity contribution in [2.24, 2.45) is 0 Å². The Bertz CT molecular complexity index is 310. The fourth-order valence-electron chi connectivity index (χ4n) is 1.54. The van der Waals surface area contributed by atoms with Gasteiger partial charge in [-0.2, -0.15) is 9.36 Å². The number of nitrogens with zero attached hydrogens (tertiary/aromatic N) is 2. The molecule has 0 unspecified atom stereocenters. The minimum atomic E-state index is -0.427. The van der Waals surface area contributed by atoms with Crippen molar-refractivity contribution >= 4 is 22.6 Å². The van der Waals surface area contributed by atoms with Crippen LogP contribution in [0.15, 0.2) is 0 Å². The number of nitrogen functional groups attached to an aromatic ring is 1. The van der Waals surface area contributed by atoms with E-state index in [1.807, 2.05) is 0 Å². The quantitative estimate of drug-likeness (QED) is 0.691. The Labute approximate surface area is 86.5 Å². The fourth-order valence-corrected chi connectivity index (χ4v) is 2.07. The third-order valence-corrected chi connectivity index (χ3v) is 3.28. The second kappa shape index (κ2) is 3.70. The second-order valence-electron chi connectivity index (χ2n) is 3.71. The Morgan fingerprint density at radius 1 is 1.57 bits per heavy atom. The van der Waals surface area contributed by atoms with Crippen molar-refractivity contribution in [2.75, 3.05) is 17.6 Å². The zero-order chi connectivity index (χ0) is 10.0. The molecule has 4 N–H and O–H groups in total. The molecule has 0 aromatic carbocycles. The van der Waals surface area contributed by atoms with E-state index >= 15 is 0 Å². The number of anilines is 2. The maximum atomic E-state index is 9.80. The third kappa shape index (κ3) is 2.13. The molecule has 0 bridgehead atoms. The summed E-state index contributed by atoms with van der Waals surface area (Å²) in [6, 6.07) is 0. The van der Waals surface area contributed by atoms with Crippen LogP contribution in [0.3, 0.4) is 0 Å². The highest BCUT2D eigenvalue weighted by atomic mass is 32.1. The molecule has 1 aromatic heterocycles. The molecule has 1 aliphatic rings. The van der Waals surface area contributed by atoms with Crippen LogP contribution in [0.5, 0.6) is 0 Å². The molecule has 0 saturated heterocycles. The average Bonchev–Trinajstić information content (AvgIpc) is 2.49. The van der Waals surface area contributed by atoms with Gasteiger partial charge in [0.1, 0.15) is 0 Å². The van der Waals surface area contributed by atoms with Crippen LogP contribution in [0.1, 0.15) is 25.7 Å². The maximum absolute atomic E-state index is 9.80. The van der Waals surface area contributed by atoms with Crippen LogP contribution in [-0.2, 0) is 0 Å². The minimum absolute atomic E-state index is 0.305. The number of rotatable bonds is 4. The zero-order valence-corrected chi connectivity index (χ0v) is 8.68. The highest BCUT2D eigenvalue weighted by Gasteiger charge is 2.33. The summed E-state index contributed by atoms with van der Waals surface area (Å²) in [5.74, 6) is 0.305. The van der Waals surface area contributed by atoms with Crippen molar-refractivity contribution in [2.45, 2.75) is 31.3 Å². The number of hydrogen-bond acceptors (Lipinski definition) is 6. The smallest absolute Gasteiger partial charge is 0.233 e. The maximum Gasteiger partial charge on any atom is 0.233 e. The molecule has 0 atom stereocenters. The van der Waals surface area contributed by atoms with E-state index in [4.69, 9.17) is 5.73 Å². The summed E-state index contributed by atoms with van der Waals surface area (Å²) in [5.41, 5.74) is 4.94. The number of nitrogens with two attached hydrogens (primary N) is 1. The topological polar surface area (TPSA) is 84.1 Å². The van der Waals surface area contributed by atoms with Gasteiger partial charge in [-0.3, -0.25) is 0 Å². The molecule has 1 fully saturated rings.